The van der Waals surface area contributed by atoms with Crippen LogP contribution >= 0.6 is 0 Å². The van der Waals surface area contributed by atoms with Gasteiger partial charge in [0, 0.05) is 18.4 Å². The molecule has 2 bridgehead atoms. The highest BCUT2D eigenvalue weighted by Gasteiger charge is 2.47. The monoisotopic (exact) mass is 354 g/mol. The number of carbonyl (C=O) groups excluding carboxylic acids is 1. The third-order valence-electron chi connectivity index (χ3n) is 5.34. The van der Waals surface area contributed by atoms with E-state index in [1.54, 1.807) is 0 Å². The van der Waals surface area contributed by atoms with Crippen LogP contribution in [0.5, 0.6) is 12.0 Å². The summed E-state index contributed by atoms with van der Waals surface area (Å²) in [6.07, 6.45) is 3.21. The molecule has 136 valence electrons. The van der Waals surface area contributed by atoms with E-state index >= 15 is 0 Å². The molecule has 0 spiro atoms. The second-order valence-electron chi connectivity index (χ2n) is 6.71. The van der Waals surface area contributed by atoms with E-state index in [2.05, 4.69) is 32.0 Å². The van der Waals surface area contributed by atoms with Crippen LogP contribution in [-0.2, 0) is 4.79 Å². The maximum atomic E-state index is 12.8. The number of fused-ring (bicyclic) bond motifs is 2. The highest BCUT2D eigenvalue weighted by atomic mass is 16.5. The predicted molar refractivity (Wildman–Crippen MR) is 95.6 cm³/mol. The summed E-state index contributed by atoms with van der Waals surface area (Å²) in [5, 5.41) is 0. The van der Waals surface area contributed by atoms with Crippen LogP contribution in [0, 0.1) is 0 Å². The normalized spacial score (nSPS) is 25.1. The first-order valence-corrected chi connectivity index (χ1v) is 8.91. The van der Waals surface area contributed by atoms with E-state index in [0.717, 1.165) is 19.3 Å². The Bertz CT molecular complexity index is 776. The molecule has 3 heterocycles. The van der Waals surface area contributed by atoms with Crippen LogP contribution < -0.4 is 14.4 Å². The fourth-order valence-electron chi connectivity index (χ4n) is 4.19. The Hall–Kier alpha value is -2.70. The van der Waals surface area contributed by atoms with E-state index in [1.165, 1.54) is 19.8 Å². The van der Waals surface area contributed by atoms with Crippen molar-refractivity contribution in [1.29, 1.82) is 0 Å². The van der Waals surface area contributed by atoms with Gasteiger partial charge in [-0.2, -0.15) is 9.97 Å². The van der Waals surface area contributed by atoms with Crippen molar-refractivity contribution < 1.29 is 14.3 Å². The van der Waals surface area contributed by atoms with Crippen molar-refractivity contribution in [1.82, 2.24) is 15.0 Å². The lowest BCUT2D eigenvalue weighted by Crippen LogP contribution is -2.40. The summed E-state index contributed by atoms with van der Waals surface area (Å²) in [4.78, 5) is 27.7. The number of rotatable bonds is 4. The lowest BCUT2D eigenvalue weighted by Gasteiger charge is -2.29. The van der Waals surface area contributed by atoms with Gasteiger partial charge in [-0.1, -0.05) is 30.3 Å². The summed E-state index contributed by atoms with van der Waals surface area (Å²) in [7, 11) is 3.01. The molecule has 26 heavy (non-hydrogen) atoms. The summed E-state index contributed by atoms with van der Waals surface area (Å²) >= 11 is 0. The van der Waals surface area contributed by atoms with E-state index in [9.17, 15) is 4.79 Å². The number of carbonyl (C=O) groups is 1. The first kappa shape index (κ1) is 16.8. The number of benzene rings is 1. The Labute approximate surface area is 152 Å². The molecule has 2 saturated heterocycles. The number of methoxy groups -OCH3 is 2. The van der Waals surface area contributed by atoms with Crippen molar-refractivity contribution in [2.75, 3.05) is 19.1 Å². The summed E-state index contributed by atoms with van der Waals surface area (Å²) < 4.78 is 10.4. The Morgan fingerprint density at radius 2 is 1.73 bits per heavy atom. The lowest BCUT2D eigenvalue weighted by atomic mass is 9.85. The lowest BCUT2D eigenvalue weighted by molar-refractivity contribution is -0.120. The van der Waals surface area contributed by atoms with Crippen molar-refractivity contribution in [3.63, 3.8) is 0 Å². The van der Waals surface area contributed by atoms with Crippen LogP contribution in [0.15, 0.2) is 30.3 Å². The average Bonchev–Trinajstić information content (AvgIpc) is 2.99. The van der Waals surface area contributed by atoms with Gasteiger partial charge in [-0.3, -0.25) is 4.79 Å². The molecule has 2 fully saturated rings. The van der Waals surface area contributed by atoms with Crippen molar-refractivity contribution in [2.45, 2.75) is 43.7 Å². The Kier molecular flexibility index (Phi) is 4.44. The van der Waals surface area contributed by atoms with Crippen molar-refractivity contribution in [3.8, 4) is 12.0 Å². The molecule has 0 N–H and O–H groups in total. The number of nitrogens with zero attached hydrogens (tertiary/aromatic N) is 4. The minimum Gasteiger partial charge on any atom is -0.467 e. The Morgan fingerprint density at radius 3 is 2.38 bits per heavy atom. The minimum atomic E-state index is -0.218. The first-order chi connectivity index (χ1) is 12.7. The molecule has 7 heteroatoms. The maximum Gasteiger partial charge on any atom is 0.324 e. The summed E-state index contributed by atoms with van der Waals surface area (Å²) in [5.74, 6) is 0.987. The topological polar surface area (TPSA) is 77.4 Å². The molecule has 2 aliphatic heterocycles. The smallest absolute Gasteiger partial charge is 0.324 e. The van der Waals surface area contributed by atoms with Gasteiger partial charge in [0.05, 0.1) is 20.3 Å². The molecule has 7 nitrogen and oxygen atoms in total. The molecule has 1 aromatic carbocycles. The largest absolute Gasteiger partial charge is 0.467 e. The molecule has 0 amide bonds. The third-order valence-corrected chi connectivity index (χ3v) is 5.34. The van der Waals surface area contributed by atoms with Gasteiger partial charge in [0.1, 0.15) is 0 Å². The highest BCUT2D eigenvalue weighted by Crippen LogP contribution is 2.44. The second-order valence-corrected chi connectivity index (χ2v) is 6.71. The van der Waals surface area contributed by atoms with E-state index < -0.39 is 0 Å². The van der Waals surface area contributed by atoms with E-state index in [1.807, 2.05) is 18.2 Å². The Balaban J connectivity index is 1.78. The fraction of sp³-hybridized carbons (Fsp3) is 0.474. The molecular formula is C19H22N4O3. The number of anilines is 1. The molecule has 3 unspecified atom stereocenters. The van der Waals surface area contributed by atoms with Gasteiger partial charge in [-0.15, -0.1) is 4.98 Å². The van der Waals surface area contributed by atoms with Crippen LogP contribution in [0.3, 0.4) is 0 Å². The quantitative estimate of drug-likeness (QED) is 0.834. The standard InChI is InChI=1S/C19H22N4O3/c1-25-18-20-17(21-19(22-18)26-2)23-14-9-6-10-16(24)15(23)11-13(14)12-7-4-3-5-8-12/h3-5,7-8,13-15H,6,9-11H2,1-2H3. The average molecular weight is 354 g/mol. The van der Waals surface area contributed by atoms with Crippen LogP contribution in [0.1, 0.15) is 37.2 Å². The van der Waals surface area contributed by atoms with Gasteiger partial charge < -0.3 is 14.4 Å². The second kappa shape index (κ2) is 6.90. The molecule has 0 radical (unpaired) electrons. The van der Waals surface area contributed by atoms with Crippen LogP contribution in [-0.4, -0.2) is 47.0 Å². The molecular weight excluding hydrogens is 332 g/mol. The van der Waals surface area contributed by atoms with Gasteiger partial charge in [0.15, 0.2) is 5.78 Å². The summed E-state index contributed by atoms with van der Waals surface area (Å²) in [6.45, 7) is 0. The van der Waals surface area contributed by atoms with Crippen molar-refractivity contribution in [3.05, 3.63) is 35.9 Å². The Morgan fingerprint density at radius 1 is 1.04 bits per heavy atom. The van der Waals surface area contributed by atoms with Gasteiger partial charge in [-0.05, 0) is 24.8 Å². The van der Waals surface area contributed by atoms with Crippen molar-refractivity contribution in [2.24, 2.45) is 0 Å². The number of hydrogen-bond acceptors (Lipinski definition) is 7. The minimum absolute atomic E-state index is 0.172. The molecule has 0 aliphatic carbocycles. The number of aromatic nitrogens is 3. The van der Waals surface area contributed by atoms with Gasteiger partial charge in [0.2, 0.25) is 5.95 Å². The van der Waals surface area contributed by atoms with Crippen LogP contribution in [0.4, 0.5) is 5.95 Å². The first-order valence-electron chi connectivity index (χ1n) is 8.91. The van der Waals surface area contributed by atoms with Gasteiger partial charge in [-0.25, -0.2) is 0 Å². The van der Waals surface area contributed by atoms with Crippen molar-refractivity contribution >= 4 is 11.7 Å². The maximum absolute atomic E-state index is 12.8. The van der Waals surface area contributed by atoms with E-state index in [-0.39, 0.29) is 35.8 Å². The molecule has 0 saturated carbocycles. The van der Waals surface area contributed by atoms with Crippen LogP contribution in [0.25, 0.3) is 0 Å². The predicted octanol–water partition coefficient (Wildman–Crippen LogP) is 2.37. The molecule has 2 aromatic rings. The fourth-order valence-corrected chi connectivity index (χ4v) is 4.19. The highest BCUT2D eigenvalue weighted by molar-refractivity contribution is 5.88. The molecule has 2 aliphatic rings. The van der Waals surface area contributed by atoms with E-state index in [0.29, 0.717) is 12.4 Å². The van der Waals surface area contributed by atoms with Crippen LogP contribution in [0.2, 0.25) is 0 Å². The number of Topliss-reactive ketones (excluding diaryl/α,β-unsaturated/α-hetero) is 1. The third kappa shape index (κ3) is 2.87. The molecule has 3 atom stereocenters. The number of ether oxygens (including phenoxy) is 2. The number of hydrogen-bond donors (Lipinski definition) is 0. The zero-order chi connectivity index (χ0) is 18.1. The van der Waals surface area contributed by atoms with Gasteiger partial charge >= 0.3 is 12.0 Å². The SMILES string of the molecule is COc1nc(OC)nc(N2C3CC(c4ccccc4)C2CCCC3=O)n1. The van der Waals surface area contributed by atoms with Gasteiger partial charge in [0.25, 0.3) is 0 Å². The molecule has 1 aromatic heterocycles. The zero-order valence-electron chi connectivity index (χ0n) is 15.0. The summed E-state index contributed by atoms with van der Waals surface area (Å²) in [6, 6.07) is 10.7. The van der Waals surface area contributed by atoms with E-state index in [4.69, 9.17) is 9.47 Å². The summed E-state index contributed by atoms with van der Waals surface area (Å²) in [5.41, 5.74) is 1.26. The number of ketones is 1. The zero-order valence-corrected chi connectivity index (χ0v) is 15.0. The molecule has 4 rings (SSSR count).